The monoisotopic (exact) mass is 323 g/mol. The summed E-state index contributed by atoms with van der Waals surface area (Å²) >= 11 is 1.54. The largest absolute Gasteiger partial charge is 0.342 e. The Kier molecular flexibility index (Phi) is 3.27. The second-order valence-corrected chi connectivity index (χ2v) is 6.12. The smallest absolute Gasteiger partial charge is 0.254 e. The molecular weight excluding hydrogens is 310 g/mol. The third-order valence-electron chi connectivity index (χ3n) is 3.68. The molecule has 4 heterocycles. The number of rotatable bonds is 3. The van der Waals surface area contributed by atoms with Gasteiger partial charge in [-0.05, 0) is 30.5 Å². The van der Waals surface area contributed by atoms with Gasteiger partial charge in [0.15, 0.2) is 11.5 Å². The molecule has 1 atom stereocenters. The molecule has 1 N–H and O–H groups in total. The van der Waals surface area contributed by atoms with Gasteiger partial charge in [0.2, 0.25) is 0 Å². The minimum absolute atomic E-state index is 0.161. The molecule has 0 saturated heterocycles. The Morgan fingerprint density at radius 2 is 2.17 bits per heavy atom. The lowest BCUT2D eigenvalue weighted by atomic mass is 10.2. The summed E-state index contributed by atoms with van der Waals surface area (Å²) in [5, 5.41) is 14.2. The van der Waals surface area contributed by atoms with E-state index in [2.05, 4.69) is 20.5 Å². The van der Waals surface area contributed by atoms with Crippen LogP contribution in [0.1, 0.15) is 29.1 Å². The number of aromatic nitrogens is 4. The first-order valence-electron chi connectivity index (χ1n) is 7.16. The van der Waals surface area contributed by atoms with E-state index in [0.717, 1.165) is 15.7 Å². The van der Waals surface area contributed by atoms with Crippen LogP contribution in [0.15, 0.2) is 48.2 Å². The van der Waals surface area contributed by atoms with Crippen LogP contribution in [0.2, 0.25) is 0 Å². The second-order valence-electron chi connectivity index (χ2n) is 5.21. The highest BCUT2D eigenvalue weighted by atomic mass is 32.1. The van der Waals surface area contributed by atoms with Gasteiger partial charge in [-0.25, -0.2) is 0 Å². The fourth-order valence-electron chi connectivity index (χ4n) is 2.55. The number of amides is 1. The Labute approximate surface area is 135 Å². The van der Waals surface area contributed by atoms with Crippen molar-refractivity contribution in [3.8, 4) is 0 Å². The maximum Gasteiger partial charge on any atom is 0.254 e. The van der Waals surface area contributed by atoms with Gasteiger partial charge in [-0.3, -0.25) is 14.2 Å². The van der Waals surface area contributed by atoms with Crippen LogP contribution < -0.4 is 5.32 Å². The number of nitrogens with one attached hydrogen (secondary N) is 1. The fourth-order valence-corrected chi connectivity index (χ4v) is 3.43. The van der Waals surface area contributed by atoms with Gasteiger partial charge >= 0.3 is 0 Å². The second kappa shape index (κ2) is 5.44. The van der Waals surface area contributed by atoms with Gasteiger partial charge in [0, 0.05) is 24.0 Å². The first-order valence-corrected chi connectivity index (χ1v) is 8.04. The summed E-state index contributed by atoms with van der Waals surface area (Å²) in [7, 11) is 0. The minimum atomic E-state index is -0.268. The van der Waals surface area contributed by atoms with E-state index in [0.29, 0.717) is 11.4 Å². The van der Waals surface area contributed by atoms with Gasteiger partial charge in [0.25, 0.3) is 5.91 Å². The van der Waals surface area contributed by atoms with Crippen molar-refractivity contribution in [2.45, 2.75) is 13.0 Å². The predicted molar refractivity (Wildman–Crippen MR) is 88.5 cm³/mol. The average molecular weight is 323 g/mol. The van der Waals surface area contributed by atoms with Crippen LogP contribution in [0.3, 0.4) is 0 Å². The van der Waals surface area contributed by atoms with Gasteiger partial charge in [-0.1, -0.05) is 6.07 Å². The number of fused-ring (bicyclic) bond motifs is 2. The third kappa shape index (κ3) is 2.35. The van der Waals surface area contributed by atoms with E-state index in [4.69, 9.17) is 0 Å². The maximum absolute atomic E-state index is 12.6. The highest BCUT2D eigenvalue weighted by Crippen LogP contribution is 2.24. The van der Waals surface area contributed by atoms with Crippen molar-refractivity contribution in [3.63, 3.8) is 0 Å². The lowest BCUT2D eigenvalue weighted by molar-refractivity contribution is 0.0939. The predicted octanol–water partition coefficient (Wildman–Crippen LogP) is 2.83. The number of hydrogen-bond acceptors (Lipinski definition) is 5. The van der Waals surface area contributed by atoms with Crippen molar-refractivity contribution < 1.29 is 4.79 Å². The molecule has 1 unspecified atom stereocenters. The molecule has 6 nitrogen and oxygen atoms in total. The Morgan fingerprint density at radius 1 is 1.26 bits per heavy atom. The standard InChI is InChI=1S/C16H13N5OS/c1-10(15-20-19-13-4-2-3-6-21(13)15)18-16(22)12-9-17-8-11-5-7-23-14(11)12/h2-10H,1H3,(H,18,22). The normalized spacial score (nSPS) is 12.6. The average Bonchev–Trinajstić information content (AvgIpc) is 3.20. The summed E-state index contributed by atoms with van der Waals surface area (Å²) in [5.74, 6) is 0.533. The molecular formula is C16H13N5OS. The van der Waals surface area contributed by atoms with Crippen molar-refractivity contribution in [1.82, 2.24) is 24.9 Å². The molecule has 4 rings (SSSR count). The zero-order chi connectivity index (χ0) is 15.8. The van der Waals surface area contributed by atoms with Crippen molar-refractivity contribution in [1.29, 1.82) is 0 Å². The van der Waals surface area contributed by atoms with Crippen LogP contribution in [0.4, 0.5) is 0 Å². The maximum atomic E-state index is 12.6. The van der Waals surface area contributed by atoms with Crippen LogP contribution in [0, 0.1) is 0 Å². The summed E-state index contributed by atoms with van der Waals surface area (Å²) < 4.78 is 2.81. The number of pyridine rings is 2. The van der Waals surface area contributed by atoms with Crippen LogP contribution in [-0.2, 0) is 0 Å². The summed E-state index contributed by atoms with van der Waals surface area (Å²) in [6.45, 7) is 1.89. The number of hydrogen-bond donors (Lipinski definition) is 1. The minimum Gasteiger partial charge on any atom is -0.342 e. The van der Waals surface area contributed by atoms with Crippen LogP contribution in [0.25, 0.3) is 15.7 Å². The molecule has 0 fully saturated rings. The molecule has 0 aliphatic carbocycles. The van der Waals surface area contributed by atoms with Gasteiger partial charge in [-0.2, -0.15) is 0 Å². The van der Waals surface area contributed by atoms with Gasteiger partial charge in [0.05, 0.1) is 16.3 Å². The molecule has 4 aromatic rings. The lowest BCUT2D eigenvalue weighted by Gasteiger charge is -2.12. The van der Waals surface area contributed by atoms with Crippen LogP contribution in [0.5, 0.6) is 0 Å². The lowest BCUT2D eigenvalue weighted by Crippen LogP contribution is -2.28. The Hall–Kier alpha value is -2.80. The van der Waals surface area contributed by atoms with E-state index in [1.165, 1.54) is 11.3 Å². The van der Waals surface area contributed by atoms with Crippen LogP contribution >= 0.6 is 11.3 Å². The fraction of sp³-hybridized carbons (Fsp3) is 0.125. The molecule has 7 heteroatoms. The summed E-state index contributed by atoms with van der Waals surface area (Å²) in [6, 6.07) is 7.38. The van der Waals surface area contributed by atoms with Crippen molar-refractivity contribution in [2.75, 3.05) is 0 Å². The van der Waals surface area contributed by atoms with E-state index in [1.807, 2.05) is 47.2 Å². The third-order valence-corrected chi connectivity index (χ3v) is 4.64. The topological polar surface area (TPSA) is 72.2 Å². The first-order chi connectivity index (χ1) is 11.2. The van der Waals surface area contributed by atoms with Crippen molar-refractivity contribution >= 4 is 33.0 Å². The number of thiophene rings is 1. The highest BCUT2D eigenvalue weighted by Gasteiger charge is 2.18. The molecule has 23 heavy (non-hydrogen) atoms. The van der Waals surface area contributed by atoms with E-state index < -0.39 is 0 Å². The molecule has 0 aromatic carbocycles. The van der Waals surface area contributed by atoms with Gasteiger partial charge in [-0.15, -0.1) is 21.5 Å². The van der Waals surface area contributed by atoms with E-state index in [1.54, 1.807) is 12.4 Å². The van der Waals surface area contributed by atoms with Crippen molar-refractivity contribution in [2.24, 2.45) is 0 Å². The van der Waals surface area contributed by atoms with Gasteiger partial charge in [0.1, 0.15) is 0 Å². The summed E-state index contributed by atoms with van der Waals surface area (Å²) in [5.41, 5.74) is 1.34. The summed E-state index contributed by atoms with van der Waals surface area (Å²) in [4.78, 5) is 16.7. The molecule has 0 aliphatic rings. The zero-order valence-corrected chi connectivity index (χ0v) is 13.1. The van der Waals surface area contributed by atoms with Crippen LogP contribution in [-0.4, -0.2) is 25.5 Å². The highest BCUT2D eigenvalue weighted by molar-refractivity contribution is 7.17. The summed E-state index contributed by atoms with van der Waals surface area (Å²) in [6.07, 6.45) is 5.25. The number of carbonyl (C=O) groups is 1. The molecule has 0 bridgehead atoms. The van der Waals surface area contributed by atoms with E-state index >= 15 is 0 Å². The Morgan fingerprint density at radius 3 is 3.09 bits per heavy atom. The Balaban J connectivity index is 1.65. The molecule has 0 radical (unpaired) electrons. The molecule has 0 aliphatic heterocycles. The van der Waals surface area contributed by atoms with Crippen molar-refractivity contribution in [3.05, 3.63) is 59.6 Å². The molecule has 1 amide bonds. The van der Waals surface area contributed by atoms with E-state index in [-0.39, 0.29) is 11.9 Å². The molecule has 4 aromatic heterocycles. The number of carbonyl (C=O) groups excluding carboxylic acids is 1. The zero-order valence-electron chi connectivity index (χ0n) is 12.3. The first kappa shape index (κ1) is 13.8. The quantitative estimate of drug-likeness (QED) is 0.629. The SMILES string of the molecule is CC(NC(=O)c1cncc2ccsc12)c1nnc2ccccn12. The Bertz CT molecular complexity index is 1010. The molecule has 114 valence electrons. The van der Waals surface area contributed by atoms with E-state index in [9.17, 15) is 4.79 Å². The molecule has 0 spiro atoms. The number of nitrogens with zero attached hydrogens (tertiary/aromatic N) is 4. The molecule has 0 saturated carbocycles. The van der Waals surface area contributed by atoms with Gasteiger partial charge < -0.3 is 5.32 Å².